The Morgan fingerprint density at radius 2 is 2.10 bits per heavy atom. The van der Waals surface area contributed by atoms with Crippen molar-refractivity contribution in [3.8, 4) is 0 Å². The van der Waals surface area contributed by atoms with Gasteiger partial charge in [0, 0.05) is 4.88 Å². The lowest BCUT2D eigenvalue weighted by Gasteiger charge is -1.98. The van der Waals surface area contributed by atoms with E-state index in [-0.39, 0.29) is 5.82 Å². The zero-order valence-corrected chi connectivity index (χ0v) is 7.26. The first-order valence-corrected chi connectivity index (χ1v) is 4.24. The lowest BCUT2D eigenvalue weighted by molar-refractivity contribution is 0.600. The molecule has 0 amide bonds. The van der Waals surface area contributed by atoms with E-state index in [2.05, 4.69) is 0 Å². The molecule has 0 unspecified atom stereocenters. The van der Waals surface area contributed by atoms with Crippen LogP contribution in [0.2, 0.25) is 0 Å². The van der Waals surface area contributed by atoms with Gasteiger partial charge >= 0.3 is 0 Å². The smallest absolute Gasteiger partial charge is 0.140 e. The molecule has 1 heterocycles. The van der Waals surface area contributed by atoms with Gasteiger partial charge < -0.3 is 0 Å². The van der Waals surface area contributed by atoms with Crippen molar-refractivity contribution in [2.45, 2.75) is 26.7 Å². The Morgan fingerprint density at radius 3 is 2.30 bits per heavy atom. The SMILES string of the molecule is Cc1csc(C(C)C)c1F. The number of halogens is 1. The zero-order chi connectivity index (χ0) is 7.72. The van der Waals surface area contributed by atoms with Gasteiger partial charge in [-0.15, -0.1) is 11.3 Å². The highest BCUT2D eigenvalue weighted by Crippen LogP contribution is 2.26. The van der Waals surface area contributed by atoms with Crippen LogP contribution in [0.5, 0.6) is 0 Å². The average molecular weight is 158 g/mol. The van der Waals surface area contributed by atoms with Crippen LogP contribution in [0.25, 0.3) is 0 Å². The van der Waals surface area contributed by atoms with Gasteiger partial charge in [-0.05, 0) is 23.8 Å². The molecule has 0 atom stereocenters. The Balaban J connectivity index is 3.05. The summed E-state index contributed by atoms with van der Waals surface area (Å²) in [5.41, 5.74) is 0.772. The van der Waals surface area contributed by atoms with E-state index in [4.69, 9.17) is 0 Å². The van der Waals surface area contributed by atoms with E-state index in [1.54, 1.807) is 6.92 Å². The minimum absolute atomic E-state index is 0.0139. The topological polar surface area (TPSA) is 0 Å². The molecule has 0 radical (unpaired) electrons. The number of hydrogen-bond acceptors (Lipinski definition) is 1. The van der Waals surface area contributed by atoms with Crippen molar-refractivity contribution in [2.24, 2.45) is 0 Å². The second kappa shape index (κ2) is 2.70. The van der Waals surface area contributed by atoms with Crippen LogP contribution in [-0.2, 0) is 0 Å². The molecule has 10 heavy (non-hydrogen) atoms. The first kappa shape index (κ1) is 7.73. The van der Waals surface area contributed by atoms with E-state index in [9.17, 15) is 4.39 Å². The van der Waals surface area contributed by atoms with Gasteiger partial charge in [0.25, 0.3) is 0 Å². The Bertz CT molecular complexity index is 225. The van der Waals surface area contributed by atoms with Gasteiger partial charge in [-0.1, -0.05) is 13.8 Å². The third-order valence-electron chi connectivity index (χ3n) is 1.45. The van der Waals surface area contributed by atoms with E-state index in [1.165, 1.54) is 11.3 Å². The van der Waals surface area contributed by atoms with Crippen LogP contribution in [-0.4, -0.2) is 0 Å². The van der Waals surface area contributed by atoms with Crippen molar-refractivity contribution < 1.29 is 4.39 Å². The minimum Gasteiger partial charge on any atom is -0.205 e. The summed E-state index contributed by atoms with van der Waals surface area (Å²) in [4.78, 5) is 0.873. The molecule has 0 fully saturated rings. The number of aryl methyl sites for hydroxylation is 1. The largest absolute Gasteiger partial charge is 0.205 e. The van der Waals surface area contributed by atoms with Crippen LogP contribution >= 0.6 is 11.3 Å². The third-order valence-corrected chi connectivity index (χ3v) is 2.83. The Hall–Kier alpha value is -0.370. The molecule has 1 aromatic rings. The first-order valence-electron chi connectivity index (χ1n) is 3.36. The molecule has 56 valence electrons. The predicted molar refractivity (Wildman–Crippen MR) is 43.1 cm³/mol. The second-order valence-electron chi connectivity index (χ2n) is 2.75. The highest BCUT2D eigenvalue weighted by Gasteiger charge is 2.10. The van der Waals surface area contributed by atoms with E-state index >= 15 is 0 Å². The van der Waals surface area contributed by atoms with Gasteiger partial charge in [-0.2, -0.15) is 0 Å². The van der Waals surface area contributed by atoms with Crippen LogP contribution in [0.15, 0.2) is 5.38 Å². The van der Waals surface area contributed by atoms with E-state index in [0.29, 0.717) is 5.92 Å². The van der Waals surface area contributed by atoms with Crippen molar-refractivity contribution in [3.63, 3.8) is 0 Å². The van der Waals surface area contributed by atoms with Gasteiger partial charge in [0.1, 0.15) is 5.82 Å². The summed E-state index contributed by atoms with van der Waals surface area (Å²) in [5, 5.41) is 1.87. The molecule has 0 nitrogen and oxygen atoms in total. The summed E-state index contributed by atoms with van der Waals surface area (Å²) in [6.45, 7) is 5.82. The molecule has 0 saturated heterocycles. The number of hydrogen-bond donors (Lipinski definition) is 0. The predicted octanol–water partition coefficient (Wildman–Crippen LogP) is 3.32. The first-order chi connectivity index (χ1) is 4.63. The summed E-state index contributed by atoms with van der Waals surface area (Å²) in [6.07, 6.45) is 0. The standard InChI is InChI=1S/C8H11FS/c1-5(2)8-7(9)6(3)4-10-8/h4-5H,1-3H3. The van der Waals surface area contributed by atoms with Crippen LogP contribution in [0.3, 0.4) is 0 Å². The molecule has 0 spiro atoms. The van der Waals surface area contributed by atoms with Crippen LogP contribution in [0.4, 0.5) is 4.39 Å². The number of rotatable bonds is 1. The summed E-state index contributed by atoms with van der Waals surface area (Å²) in [6, 6.07) is 0. The van der Waals surface area contributed by atoms with Crippen molar-refractivity contribution in [1.82, 2.24) is 0 Å². The maximum Gasteiger partial charge on any atom is 0.140 e. The Kier molecular flexibility index (Phi) is 2.09. The molecular weight excluding hydrogens is 147 g/mol. The van der Waals surface area contributed by atoms with Crippen molar-refractivity contribution in [3.05, 3.63) is 21.6 Å². The number of thiophene rings is 1. The van der Waals surface area contributed by atoms with Gasteiger partial charge in [0.05, 0.1) is 0 Å². The summed E-state index contributed by atoms with van der Waals surface area (Å²) >= 11 is 1.51. The van der Waals surface area contributed by atoms with E-state index < -0.39 is 0 Å². The molecule has 0 aliphatic carbocycles. The lowest BCUT2D eigenvalue weighted by Crippen LogP contribution is -1.86. The molecule has 0 aromatic carbocycles. The van der Waals surface area contributed by atoms with Crippen LogP contribution in [0, 0.1) is 12.7 Å². The molecule has 0 aliphatic rings. The molecule has 2 heteroatoms. The van der Waals surface area contributed by atoms with Crippen LogP contribution in [0.1, 0.15) is 30.2 Å². The molecule has 0 saturated carbocycles. The Labute approximate surface area is 64.7 Å². The fourth-order valence-electron chi connectivity index (χ4n) is 0.839. The summed E-state index contributed by atoms with van der Waals surface area (Å²) < 4.78 is 13.0. The van der Waals surface area contributed by atoms with Crippen LogP contribution < -0.4 is 0 Å². The molecule has 0 aliphatic heterocycles. The summed E-state index contributed by atoms with van der Waals surface area (Å²) in [7, 11) is 0. The minimum atomic E-state index is -0.0139. The molecular formula is C8H11FS. The highest BCUT2D eigenvalue weighted by molar-refractivity contribution is 7.10. The fourth-order valence-corrected chi connectivity index (χ4v) is 1.78. The second-order valence-corrected chi connectivity index (χ2v) is 3.66. The average Bonchev–Trinajstić information content (AvgIpc) is 2.14. The maximum atomic E-state index is 13.0. The fraction of sp³-hybridized carbons (Fsp3) is 0.500. The normalized spacial score (nSPS) is 10.9. The van der Waals surface area contributed by atoms with Crippen molar-refractivity contribution in [1.29, 1.82) is 0 Å². The maximum absolute atomic E-state index is 13.0. The van der Waals surface area contributed by atoms with Gasteiger partial charge in [0.15, 0.2) is 0 Å². The van der Waals surface area contributed by atoms with Gasteiger partial charge in [0.2, 0.25) is 0 Å². The molecule has 0 N–H and O–H groups in total. The van der Waals surface area contributed by atoms with Crippen molar-refractivity contribution >= 4 is 11.3 Å². The zero-order valence-electron chi connectivity index (χ0n) is 6.44. The molecule has 1 rings (SSSR count). The van der Waals surface area contributed by atoms with E-state index in [0.717, 1.165) is 10.4 Å². The monoisotopic (exact) mass is 158 g/mol. The lowest BCUT2D eigenvalue weighted by atomic mass is 10.1. The Morgan fingerprint density at radius 1 is 1.50 bits per heavy atom. The highest BCUT2D eigenvalue weighted by atomic mass is 32.1. The molecule has 0 bridgehead atoms. The van der Waals surface area contributed by atoms with E-state index in [1.807, 2.05) is 19.2 Å². The summed E-state index contributed by atoms with van der Waals surface area (Å²) in [5.74, 6) is 0.304. The van der Waals surface area contributed by atoms with Gasteiger partial charge in [-0.3, -0.25) is 0 Å². The quantitative estimate of drug-likeness (QED) is 0.588. The molecule has 1 aromatic heterocycles. The van der Waals surface area contributed by atoms with Gasteiger partial charge in [-0.25, -0.2) is 4.39 Å². The third kappa shape index (κ3) is 1.21. The van der Waals surface area contributed by atoms with Crippen molar-refractivity contribution in [2.75, 3.05) is 0 Å².